The smallest absolute Gasteiger partial charge is 0.205 e. The Labute approximate surface area is 204 Å². The van der Waals surface area contributed by atoms with E-state index in [2.05, 4.69) is 27.0 Å². The van der Waals surface area contributed by atoms with Gasteiger partial charge in [0.15, 0.2) is 12.5 Å². The van der Waals surface area contributed by atoms with Gasteiger partial charge < -0.3 is 14.2 Å². The SMILES string of the molecule is C=C(C)c1ccnc(C=Cc2ccc(-c3nnn(COC)n3)cc2)c1OCc1cccc(OC)c1. The van der Waals surface area contributed by atoms with Gasteiger partial charge in [0, 0.05) is 24.4 Å². The van der Waals surface area contributed by atoms with Crippen LogP contribution in [0.3, 0.4) is 0 Å². The van der Waals surface area contributed by atoms with Crippen molar-refractivity contribution in [3.05, 3.63) is 89.8 Å². The van der Waals surface area contributed by atoms with Crippen molar-refractivity contribution < 1.29 is 14.2 Å². The maximum atomic E-state index is 6.24. The summed E-state index contributed by atoms with van der Waals surface area (Å²) < 4.78 is 16.6. The predicted molar refractivity (Wildman–Crippen MR) is 135 cm³/mol. The van der Waals surface area contributed by atoms with Crippen LogP contribution < -0.4 is 9.47 Å². The van der Waals surface area contributed by atoms with Crippen LogP contribution in [0.15, 0.2) is 67.4 Å². The molecular weight excluding hydrogens is 442 g/mol. The maximum absolute atomic E-state index is 6.24. The van der Waals surface area contributed by atoms with Gasteiger partial charge in [-0.2, -0.15) is 0 Å². The molecule has 2 aromatic carbocycles. The zero-order chi connectivity index (χ0) is 24.6. The third kappa shape index (κ3) is 5.99. The highest BCUT2D eigenvalue weighted by Gasteiger charge is 2.11. The van der Waals surface area contributed by atoms with Crippen LogP contribution in [-0.2, 0) is 18.1 Å². The summed E-state index contributed by atoms with van der Waals surface area (Å²) in [5.41, 5.74) is 5.42. The molecule has 2 aromatic heterocycles. The molecule has 0 amide bonds. The van der Waals surface area contributed by atoms with E-state index >= 15 is 0 Å². The van der Waals surface area contributed by atoms with Crippen molar-refractivity contribution in [2.75, 3.05) is 14.2 Å². The molecule has 35 heavy (non-hydrogen) atoms. The van der Waals surface area contributed by atoms with Crippen LogP contribution in [0.4, 0.5) is 0 Å². The second kappa shape index (κ2) is 11.2. The molecule has 0 atom stereocenters. The Kier molecular flexibility index (Phi) is 7.64. The highest BCUT2D eigenvalue weighted by Crippen LogP contribution is 2.30. The molecule has 0 aliphatic carbocycles. The summed E-state index contributed by atoms with van der Waals surface area (Å²) in [5, 5.41) is 12.3. The van der Waals surface area contributed by atoms with E-state index in [0.717, 1.165) is 39.3 Å². The highest BCUT2D eigenvalue weighted by atomic mass is 16.5. The lowest BCUT2D eigenvalue weighted by Gasteiger charge is -2.14. The first-order valence-electron chi connectivity index (χ1n) is 11.0. The largest absolute Gasteiger partial charge is 0.497 e. The summed E-state index contributed by atoms with van der Waals surface area (Å²) in [6, 6.07) is 17.6. The van der Waals surface area contributed by atoms with Crippen LogP contribution in [-0.4, -0.2) is 39.4 Å². The Balaban J connectivity index is 1.54. The number of ether oxygens (including phenoxy) is 3. The van der Waals surface area contributed by atoms with E-state index in [1.807, 2.05) is 73.7 Å². The van der Waals surface area contributed by atoms with Crippen LogP contribution in [0.25, 0.3) is 29.1 Å². The molecule has 0 bridgehead atoms. The fourth-order valence-corrected chi connectivity index (χ4v) is 3.44. The normalized spacial score (nSPS) is 11.1. The topological polar surface area (TPSA) is 84.2 Å². The summed E-state index contributed by atoms with van der Waals surface area (Å²) in [4.78, 5) is 5.95. The molecule has 8 heteroatoms. The zero-order valence-electron chi connectivity index (χ0n) is 20.0. The van der Waals surface area contributed by atoms with Crippen molar-refractivity contribution in [1.82, 2.24) is 25.2 Å². The second-order valence-electron chi connectivity index (χ2n) is 7.85. The van der Waals surface area contributed by atoms with E-state index < -0.39 is 0 Å². The van der Waals surface area contributed by atoms with Crippen molar-refractivity contribution in [1.29, 1.82) is 0 Å². The third-order valence-electron chi connectivity index (χ3n) is 5.21. The molecule has 4 aromatic rings. The Morgan fingerprint density at radius 3 is 2.63 bits per heavy atom. The molecule has 0 radical (unpaired) electrons. The lowest BCUT2D eigenvalue weighted by Crippen LogP contribution is -2.03. The molecule has 0 N–H and O–H groups in total. The number of hydrogen-bond donors (Lipinski definition) is 0. The fraction of sp³-hybridized carbons (Fsp3) is 0.185. The fourth-order valence-electron chi connectivity index (χ4n) is 3.44. The van der Waals surface area contributed by atoms with Gasteiger partial charge in [0.05, 0.1) is 7.11 Å². The van der Waals surface area contributed by atoms with Crippen molar-refractivity contribution in [2.24, 2.45) is 0 Å². The summed E-state index contributed by atoms with van der Waals surface area (Å²) in [5.74, 6) is 2.02. The molecule has 2 heterocycles. The van der Waals surface area contributed by atoms with Gasteiger partial charge in [0.25, 0.3) is 0 Å². The van der Waals surface area contributed by atoms with Gasteiger partial charge in [0.2, 0.25) is 5.82 Å². The van der Waals surface area contributed by atoms with Crippen LogP contribution >= 0.6 is 0 Å². The Morgan fingerprint density at radius 2 is 1.89 bits per heavy atom. The molecular formula is C27H27N5O3. The van der Waals surface area contributed by atoms with Crippen molar-refractivity contribution in [3.63, 3.8) is 0 Å². The lowest BCUT2D eigenvalue weighted by atomic mass is 10.1. The Hall–Kier alpha value is -4.30. The molecule has 0 fully saturated rings. The lowest BCUT2D eigenvalue weighted by molar-refractivity contribution is 0.107. The number of nitrogens with zero attached hydrogens (tertiary/aromatic N) is 5. The molecule has 0 aliphatic rings. The monoisotopic (exact) mass is 469 g/mol. The first kappa shape index (κ1) is 23.8. The highest BCUT2D eigenvalue weighted by molar-refractivity contribution is 5.77. The average Bonchev–Trinajstić information content (AvgIpc) is 3.35. The minimum Gasteiger partial charge on any atom is -0.497 e. The van der Waals surface area contributed by atoms with Gasteiger partial charge in [0.1, 0.15) is 18.1 Å². The second-order valence-corrected chi connectivity index (χ2v) is 7.85. The van der Waals surface area contributed by atoms with Gasteiger partial charge >= 0.3 is 0 Å². The number of pyridine rings is 1. The zero-order valence-corrected chi connectivity index (χ0v) is 20.0. The van der Waals surface area contributed by atoms with Gasteiger partial charge in [-0.15, -0.1) is 15.0 Å². The van der Waals surface area contributed by atoms with E-state index in [4.69, 9.17) is 14.2 Å². The quantitative estimate of drug-likeness (QED) is 0.318. The van der Waals surface area contributed by atoms with Crippen LogP contribution in [0.1, 0.15) is 29.3 Å². The maximum Gasteiger partial charge on any atom is 0.205 e. The summed E-state index contributed by atoms with van der Waals surface area (Å²) in [6.45, 7) is 6.70. The van der Waals surface area contributed by atoms with Crippen LogP contribution in [0.5, 0.6) is 11.5 Å². The molecule has 178 valence electrons. The first-order chi connectivity index (χ1) is 17.1. The Morgan fingerprint density at radius 1 is 1.06 bits per heavy atom. The summed E-state index contributed by atoms with van der Waals surface area (Å²) in [6.07, 6.45) is 5.69. The third-order valence-corrected chi connectivity index (χ3v) is 5.21. The van der Waals surface area contributed by atoms with Crippen molar-refractivity contribution in [2.45, 2.75) is 20.3 Å². The van der Waals surface area contributed by atoms with Crippen LogP contribution in [0, 0.1) is 0 Å². The minimum absolute atomic E-state index is 0.256. The minimum atomic E-state index is 0.256. The van der Waals surface area contributed by atoms with E-state index in [1.54, 1.807) is 20.4 Å². The number of tetrazole rings is 1. The first-order valence-corrected chi connectivity index (χ1v) is 11.0. The molecule has 8 nitrogen and oxygen atoms in total. The van der Waals surface area contributed by atoms with Crippen molar-refractivity contribution >= 4 is 17.7 Å². The summed E-state index contributed by atoms with van der Waals surface area (Å²) in [7, 11) is 3.23. The summed E-state index contributed by atoms with van der Waals surface area (Å²) >= 11 is 0. The van der Waals surface area contributed by atoms with E-state index in [0.29, 0.717) is 18.2 Å². The molecule has 0 aliphatic heterocycles. The molecule has 0 unspecified atom stereocenters. The number of benzene rings is 2. The van der Waals surface area contributed by atoms with E-state index in [1.165, 1.54) is 4.80 Å². The number of aromatic nitrogens is 5. The number of allylic oxidation sites excluding steroid dienone is 1. The molecule has 0 saturated heterocycles. The van der Waals surface area contributed by atoms with Gasteiger partial charge in [-0.05, 0) is 53.1 Å². The van der Waals surface area contributed by atoms with E-state index in [-0.39, 0.29) is 6.73 Å². The predicted octanol–water partition coefficient (Wildman–Crippen LogP) is 5.13. The number of methoxy groups -OCH3 is 2. The molecule has 4 rings (SSSR count). The van der Waals surface area contributed by atoms with Crippen LogP contribution in [0.2, 0.25) is 0 Å². The van der Waals surface area contributed by atoms with Gasteiger partial charge in [-0.1, -0.05) is 49.1 Å². The van der Waals surface area contributed by atoms with Gasteiger partial charge in [-0.3, -0.25) is 4.98 Å². The number of rotatable bonds is 10. The van der Waals surface area contributed by atoms with Gasteiger partial charge in [-0.25, -0.2) is 0 Å². The Bertz CT molecular complexity index is 1330. The standard InChI is InChI=1S/C27H27N5O3/c1-19(2)24-14-15-28-25(26(24)35-17-21-6-5-7-23(16-21)34-4)13-10-20-8-11-22(12-9-20)27-29-31-32(30-27)18-33-3/h5-16H,1,17-18H2,2-4H3. The number of hydrogen-bond acceptors (Lipinski definition) is 7. The van der Waals surface area contributed by atoms with E-state index in [9.17, 15) is 0 Å². The average molecular weight is 470 g/mol. The molecule has 0 saturated carbocycles. The molecule has 0 spiro atoms. The van der Waals surface area contributed by atoms with Crippen molar-refractivity contribution in [3.8, 4) is 22.9 Å².